The van der Waals surface area contributed by atoms with E-state index >= 15 is 0 Å². The van der Waals surface area contributed by atoms with Crippen LogP contribution < -0.4 is 0 Å². The summed E-state index contributed by atoms with van der Waals surface area (Å²) >= 11 is 0. The van der Waals surface area contributed by atoms with Crippen LogP contribution in [-0.2, 0) is 36.1 Å². The van der Waals surface area contributed by atoms with Gasteiger partial charge in [-0.3, -0.25) is 4.18 Å². The molecule has 0 saturated carbocycles. The van der Waals surface area contributed by atoms with Crippen molar-refractivity contribution in [3.05, 3.63) is 90.5 Å². The minimum absolute atomic E-state index is 0.00331. The molecule has 0 radical (unpaired) electrons. The Morgan fingerprint density at radius 2 is 1.91 bits per heavy atom. The molecule has 8 nitrogen and oxygen atoms in total. The maximum atomic E-state index is 14.7. The molecule has 3 aromatic carbocycles. The summed E-state index contributed by atoms with van der Waals surface area (Å²) in [4.78, 5) is 3.85. The van der Waals surface area contributed by atoms with E-state index in [1.54, 1.807) is 12.1 Å². The molecule has 0 aliphatic carbocycles. The molecule has 1 aliphatic heterocycles. The predicted octanol–water partition coefficient (Wildman–Crippen LogP) is 3.38. The summed E-state index contributed by atoms with van der Waals surface area (Å²) < 4.78 is 72.1. The van der Waals surface area contributed by atoms with Crippen LogP contribution in [0.5, 0.6) is 0 Å². The lowest BCUT2D eigenvalue weighted by Gasteiger charge is -2.28. The number of hydrogen-bond donors (Lipinski definition) is 0. The van der Waals surface area contributed by atoms with E-state index in [0.717, 1.165) is 22.9 Å². The van der Waals surface area contributed by atoms with Gasteiger partial charge in [0.05, 0.1) is 18.1 Å². The molecule has 0 bridgehead atoms. The first-order valence-electron chi connectivity index (χ1n) is 10.3. The average Bonchev–Trinajstić information content (AvgIpc) is 3.48. The highest BCUT2D eigenvalue weighted by atomic mass is 32.2. The molecule has 5 rings (SSSR count). The Balaban J connectivity index is 1.35. The van der Waals surface area contributed by atoms with Gasteiger partial charge in [-0.15, -0.1) is 0 Å². The third kappa shape index (κ3) is 4.42. The zero-order chi connectivity index (χ0) is 23.8. The number of benzene rings is 3. The van der Waals surface area contributed by atoms with Crippen LogP contribution in [0.3, 0.4) is 0 Å². The highest BCUT2D eigenvalue weighted by molar-refractivity contribution is 7.86. The van der Waals surface area contributed by atoms with Gasteiger partial charge in [0.2, 0.25) is 5.79 Å². The minimum atomic E-state index is -4.09. The lowest BCUT2D eigenvalue weighted by Crippen LogP contribution is -2.35. The molecule has 0 spiro atoms. The molecule has 0 unspecified atom stereocenters. The lowest BCUT2D eigenvalue weighted by molar-refractivity contribution is -0.192. The number of nitrogens with zero attached hydrogens (tertiary/aromatic N) is 3. The van der Waals surface area contributed by atoms with Crippen LogP contribution in [0.1, 0.15) is 5.56 Å². The number of halogens is 2. The van der Waals surface area contributed by atoms with Gasteiger partial charge in [-0.25, -0.2) is 18.4 Å². The molecular weight excluding hydrogens is 468 g/mol. The Labute approximate surface area is 193 Å². The first kappa shape index (κ1) is 22.5. The van der Waals surface area contributed by atoms with Crippen molar-refractivity contribution in [3.8, 4) is 0 Å². The van der Waals surface area contributed by atoms with Gasteiger partial charge in [0.1, 0.15) is 36.9 Å². The molecule has 2 heterocycles. The van der Waals surface area contributed by atoms with Crippen LogP contribution in [0.4, 0.5) is 8.78 Å². The van der Waals surface area contributed by atoms with Crippen molar-refractivity contribution in [2.75, 3.05) is 13.2 Å². The Morgan fingerprint density at radius 3 is 2.68 bits per heavy atom. The standard InChI is InChI=1S/C23H19F2N3O5S/c24-18-6-8-21(22(25)10-18)23(13-28-15-26-14-27-28)31-11-19(33-23)12-32-34(29,30)20-7-5-16-3-1-2-4-17(16)9-20/h1-10,14-15,19H,11-13H2/t19-,23+/m0/s1. The van der Waals surface area contributed by atoms with Gasteiger partial charge in [0.25, 0.3) is 10.1 Å². The fraction of sp³-hybridized carbons (Fsp3) is 0.217. The lowest BCUT2D eigenvalue weighted by atomic mass is 10.0. The van der Waals surface area contributed by atoms with E-state index in [2.05, 4.69) is 10.1 Å². The van der Waals surface area contributed by atoms with Crippen LogP contribution in [-0.4, -0.2) is 42.5 Å². The van der Waals surface area contributed by atoms with Gasteiger partial charge in [0.15, 0.2) is 0 Å². The second-order valence-electron chi connectivity index (χ2n) is 7.77. The molecule has 4 aromatic rings. The van der Waals surface area contributed by atoms with Gasteiger partial charge < -0.3 is 9.47 Å². The molecule has 2 atom stereocenters. The van der Waals surface area contributed by atoms with Gasteiger partial charge in [-0.2, -0.15) is 13.5 Å². The fourth-order valence-corrected chi connectivity index (χ4v) is 4.81. The summed E-state index contributed by atoms with van der Waals surface area (Å²) in [6.45, 7) is -0.542. The van der Waals surface area contributed by atoms with Gasteiger partial charge >= 0.3 is 0 Å². The molecular formula is C23H19F2N3O5S. The molecule has 1 aliphatic rings. The molecule has 176 valence electrons. The van der Waals surface area contributed by atoms with Crippen LogP contribution in [0.25, 0.3) is 10.8 Å². The van der Waals surface area contributed by atoms with Crippen molar-refractivity contribution in [1.82, 2.24) is 14.8 Å². The molecule has 1 saturated heterocycles. The van der Waals surface area contributed by atoms with E-state index in [1.165, 1.54) is 35.5 Å². The Hall–Kier alpha value is -3.25. The quantitative estimate of drug-likeness (QED) is 0.369. The summed E-state index contributed by atoms with van der Waals surface area (Å²) in [6.07, 6.45) is 1.84. The average molecular weight is 487 g/mol. The Kier molecular flexibility index (Phi) is 5.86. The van der Waals surface area contributed by atoms with Crippen molar-refractivity contribution < 1.29 is 30.9 Å². The van der Waals surface area contributed by atoms with Gasteiger partial charge in [0, 0.05) is 11.6 Å². The molecule has 11 heteroatoms. The van der Waals surface area contributed by atoms with Crippen molar-refractivity contribution in [2.24, 2.45) is 0 Å². The number of rotatable bonds is 7. The van der Waals surface area contributed by atoms with E-state index < -0.39 is 33.6 Å². The minimum Gasteiger partial charge on any atom is -0.341 e. The second kappa shape index (κ2) is 8.84. The highest BCUT2D eigenvalue weighted by Crippen LogP contribution is 2.38. The van der Waals surface area contributed by atoms with E-state index in [0.29, 0.717) is 0 Å². The third-order valence-electron chi connectivity index (χ3n) is 5.46. The number of aromatic nitrogens is 3. The number of hydrogen-bond acceptors (Lipinski definition) is 7. The topological polar surface area (TPSA) is 92.5 Å². The van der Waals surface area contributed by atoms with Gasteiger partial charge in [-0.1, -0.05) is 30.3 Å². The first-order valence-corrected chi connectivity index (χ1v) is 11.7. The fourth-order valence-electron chi connectivity index (χ4n) is 3.84. The van der Waals surface area contributed by atoms with E-state index in [4.69, 9.17) is 13.7 Å². The largest absolute Gasteiger partial charge is 0.341 e. The Morgan fingerprint density at radius 1 is 1.09 bits per heavy atom. The highest BCUT2D eigenvalue weighted by Gasteiger charge is 2.46. The zero-order valence-electron chi connectivity index (χ0n) is 17.7. The smallest absolute Gasteiger partial charge is 0.297 e. The number of fused-ring (bicyclic) bond motifs is 1. The maximum absolute atomic E-state index is 14.7. The van der Waals surface area contributed by atoms with Crippen LogP contribution in [0.2, 0.25) is 0 Å². The van der Waals surface area contributed by atoms with E-state index in [9.17, 15) is 17.2 Å². The summed E-state index contributed by atoms with van der Waals surface area (Å²) in [5.74, 6) is -3.30. The monoisotopic (exact) mass is 487 g/mol. The predicted molar refractivity (Wildman–Crippen MR) is 116 cm³/mol. The molecule has 0 N–H and O–H groups in total. The van der Waals surface area contributed by atoms with E-state index in [1.807, 2.05) is 18.2 Å². The van der Waals surface area contributed by atoms with Crippen LogP contribution >= 0.6 is 0 Å². The summed E-state index contributed by atoms with van der Waals surface area (Å²) in [6, 6.07) is 15.1. The maximum Gasteiger partial charge on any atom is 0.297 e. The van der Waals surface area contributed by atoms with Crippen molar-refractivity contribution in [2.45, 2.75) is 23.3 Å². The molecule has 1 fully saturated rings. The molecule has 1 aromatic heterocycles. The van der Waals surface area contributed by atoms with Gasteiger partial charge in [-0.05, 0) is 35.0 Å². The van der Waals surface area contributed by atoms with Crippen molar-refractivity contribution in [1.29, 1.82) is 0 Å². The van der Waals surface area contributed by atoms with E-state index in [-0.39, 0.29) is 30.2 Å². The normalized spacial score (nSPS) is 20.7. The second-order valence-corrected chi connectivity index (χ2v) is 9.38. The summed E-state index contributed by atoms with van der Waals surface area (Å²) in [7, 11) is -4.09. The zero-order valence-corrected chi connectivity index (χ0v) is 18.5. The first-order chi connectivity index (χ1) is 16.3. The SMILES string of the molecule is O=S(=O)(OC[C@@H]1CO[C@@](Cn2cncn2)(c2ccc(F)cc2F)O1)c1ccc2ccccc2c1. The third-order valence-corrected chi connectivity index (χ3v) is 6.73. The molecule has 34 heavy (non-hydrogen) atoms. The molecule has 0 amide bonds. The Bertz CT molecular complexity index is 1430. The van der Waals surface area contributed by atoms with Crippen molar-refractivity contribution in [3.63, 3.8) is 0 Å². The summed E-state index contributed by atoms with van der Waals surface area (Å²) in [5, 5.41) is 5.65. The number of ether oxygens (including phenoxy) is 2. The van der Waals surface area contributed by atoms with Crippen LogP contribution in [0.15, 0.2) is 78.2 Å². The summed E-state index contributed by atoms with van der Waals surface area (Å²) in [5.41, 5.74) is -0.0516. The van der Waals surface area contributed by atoms with Crippen molar-refractivity contribution >= 4 is 20.9 Å². The van der Waals surface area contributed by atoms with Crippen LogP contribution in [0, 0.1) is 11.6 Å².